The van der Waals surface area contributed by atoms with Gasteiger partial charge in [-0.3, -0.25) is 4.79 Å². The maximum absolute atomic E-state index is 13.0. The lowest BCUT2D eigenvalue weighted by atomic mass is 10.0. The van der Waals surface area contributed by atoms with Crippen molar-refractivity contribution >= 4 is 22.0 Å². The predicted octanol–water partition coefficient (Wildman–Crippen LogP) is 5.52. The molecule has 0 saturated carbocycles. The van der Waals surface area contributed by atoms with Gasteiger partial charge in [0.05, 0.1) is 29.2 Å². The number of aliphatic hydroxyl groups is 1. The van der Waals surface area contributed by atoms with Gasteiger partial charge in [0.15, 0.2) is 0 Å². The highest BCUT2D eigenvalue weighted by Crippen LogP contribution is 2.29. The molecule has 9 nitrogen and oxygen atoms in total. The summed E-state index contributed by atoms with van der Waals surface area (Å²) in [5, 5.41) is 20.1. The molecule has 224 valence electrons. The summed E-state index contributed by atoms with van der Waals surface area (Å²) in [6.45, 7) is 3.79. The Hall–Kier alpha value is -4.67. The molecule has 0 aliphatic carbocycles. The molecule has 0 aliphatic rings. The molecule has 1 atom stereocenters. The van der Waals surface area contributed by atoms with Crippen LogP contribution in [-0.4, -0.2) is 54.7 Å². The van der Waals surface area contributed by atoms with Crippen molar-refractivity contribution in [2.45, 2.75) is 37.4 Å². The molecule has 0 aromatic heterocycles. The minimum atomic E-state index is -4.07. The fourth-order valence-electron chi connectivity index (χ4n) is 4.46. The van der Waals surface area contributed by atoms with Gasteiger partial charge in [-0.25, -0.2) is 17.9 Å². The van der Waals surface area contributed by atoms with Crippen molar-refractivity contribution in [3.05, 3.63) is 120 Å². The monoisotopic (exact) mass is 602 g/mol. The number of amides is 2. The minimum absolute atomic E-state index is 0.0229. The van der Waals surface area contributed by atoms with Crippen LogP contribution in [0, 0.1) is 0 Å². The number of benzene rings is 4. The van der Waals surface area contributed by atoms with E-state index in [1.165, 1.54) is 23.1 Å². The van der Waals surface area contributed by atoms with Gasteiger partial charge in [0.1, 0.15) is 5.75 Å². The van der Waals surface area contributed by atoms with E-state index in [0.29, 0.717) is 12.0 Å². The fraction of sp³-hybridized carbons (Fsp3) is 0.212. The summed E-state index contributed by atoms with van der Waals surface area (Å²) >= 11 is 0. The quantitative estimate of drug-likeness (QED) is 0.195. The number of hydrogen-bond donors (Lipinski definition) is 3. The number of carboxylic acid groups (broad SMARTS) is 1. The van der Waals surface area contributed by atoms with E-state index in [0.717, 1.165) is 16.7 Å². The first-order valence-corrected chi connectivity index (χ1v) is 15.2. The van der Waals surface area contributed by atoms with Gasteiger partial charge in [0, 0.05) is 6.54 Å². The molecule has 0 radical (unpaired) electrons. The summed E-state index contributed by atoms with van der Waals surface area (Å²) in [6.07, 6.45) is -1.85. The van der Waals surface area contributed by atoms with Crippen molar-refractivity contribution in [1.29, 1.82) is 0 Å². The normalized spacial score (nSPS) is 12.0. The molecule has 0 fully saturated rings. The van der Waals surface area contributed by atoms with E-state index in [2.05, 4.69) is 4.72 Å². The molecular weight excluding hydrogens is 568 g/mol. The second kappa shape index (κ2) is 14.0. The second-order valence-electron chi connectivity index (χ2n) is 10.2. The van der Waals surface area contributed by atoms with Crippen molar-refractivity contribution in [3.63, 3.8) is 0 Å². The maximum atomic E-state index is 13.0. The van der Waals surface area contributed by atoms with Gasteiger partial charge in [-0.1, -0.05) is 78.9 Å². The molecule has 4 rings (SSSR count). The summed E-state index contributed by atoms with van der Waals surface area (Å²) in [4.78, 5) is 26.0. The van der Waals surface area contributed by atoms with E-state index in [1.54, 1.807) is 54.6 Å². The molecule has 10 heteroatoms. The number of nitrogens with one attached hydrogen (secondary N) is 1. The van der Waals surface area contributed by atoms with E-state index in [9.17, 15) is 28.2 Å². The SMILES string of the molecule is CC(C)Oc1cc(-c2ccc(CCN(C[C@H](O)c3ccccc3)C(=O)O)cc2)ccc1C(=O)NS(=O)(=O)c1ccccc1. The topological polar surface area (TPSA) is 133 Å². The number of hydrogen-bond acceptors (Lipinski definition) is 6. The molecule has 0 unspecified atom stereocenters. The molecule has 0 bridgehead atoms. The van der Waals surface area contributed by atoms with Crippen LogP contribution in [0.3, 0.4) is 0 Å². The zero-order valence-electron chi connectivity index (χ0n) is 23.9. The zero-order chi connectivity index (χ0) is 31.0. The molecule has 0 saturated heterocycles. The van der Waals surface area contributed by atoms with Gasteiger partial charge >= 0.3 is 6.09 Å². The van der Waals surface area contributed by atoms with Gasteiger partial charge < -0.3 is 19.8 Å². The number of rotatable bonds is 12. The van der Waals surface area contributed by atoms with Gasteiger partial charge in [-0.05, 0) is 66.8 Å². The molecule has 3 N–H and O–H groups in total. The van der Waals surface area contributed by atoms with E-state index in [1.807, 2.05) is 44.2 Å². The van der Waals surface area contributed by atoms with E-state index < -0.39 is 28.1 Å². The highest BCUT2D eigenvalue weighted by molar-refractivity contribution is 7.90. The third-order valence-electron chi connectivity index (χ3n) is 6.68. The van der Waals surface area contributed by atoms with Crippen LogP contribution in [0.4, 0.5) is 4.79 Å². The van der Waals surface area contributed by atoms with E-state index >= 15 is 0 Å². The van der Waals surface area contributed by atoms with Gasteiger partial charge in [-0.2, -0.15) is 0 Å². The Morgan fingerprint density at radius 2 is 1.47 bits per heavy atom. The van der Waals surface area contributed by atoms with Crippen LogP contribution in [0.2, 0.25) is 0 Å². The number of carbonyl (C=O) groups excluding carboxylic acids is 1. The number of sulfonamides is 1. The lowest BCUT2D eigenvalue weighted by Crippen LogP contribution is -2.35. The fourth-order valence-corrected chi connectivity index (χ4v) is 5.45. The van der Waals surface area contributed by atoms with Crippen molar-refractivity contribution in [3.8, 4) is 16.9 Å². The van der Waals surface area contributed by atoms with Crippen molar-refractivity contribution in [2.24, 2.45) is 0 Å². The van der Waals surface area contributed by atoms with E-state index in [-0.39, 0.29) is 35.4 Å². The van der Waals surface area contributed by atoms with Crippen LogP contribution in [0.1, 0.15) is 41.4 Å². The van der Waals surface area contributed by atoms with Crippen LogP contribution in [0.5, 0.6) is 5.75 Å². The van der Waals surface area contributed by atoms with Gasteiger partial charge in [0.2, 0.25) is 0 Å². The van der Waals surface area contributed by atoms with E-state index in [4.69, 9.17) is 4.74 Å². The smallest absolute Gasteiger partial charge is 0.407 e. The number of nitrogens with zero attached hydrogens (tertiary/aromatic N) is 1. The van der Waals surface area contributed by atoms with Gasteiger partial charge in [-0.15, -0.1) is 0 Å². The summed E-state index contributed by atoms with van der Waals surface area (Å²) in [6, 6.07) is 29.0. The van der Waals surface area contributed by atoms with Crippen LogP contribution in [0.25, 0.3) is 11.1 Å². The molecule has 4 aromatic rings. The largest absolute Gasteiger partial charge is 0.490 e. The summed E-state index contributed by atoms with van der Waals surface area (Å²) in [7, 11) is -4.07. The van der Waals surface area contributed by atoms with Crippen LogP contribution < -0.4 is 9.46 Å². The molecule has 4 aromatic carbocycles. The van der Waals surface area contributed by atoms with Gasteiger partial charge in [0.25, 0.3) is 15.9 Å². The predicted molar refractivity (Wildman–Crippen MR) is 163 cm³/mol. The Morgan fingerprint density at radius 1 is 0.860 bits per heavy atom. The summed E-state index contributed by atoms with van der Waals surface area (Å²) < 4.78 is 33.4. The number of aliphatic hydroxyl groups excluding tert-OH is 1. The van der Waals surface area contributed by atoms with Crippen molar-refractivity contribution < 1.29 is 33.0 Å². The van der Waals surface area contributed by atoms with Crippen LogP contribution >= 0.6 is 0 Å². The average Bonchev–Trinajstić information content (AvgIpc) is 2.99. The molecule has 0 spiro atoms. The van der Waals surface area contributed by atoms with Crippen LogP contribution in [0.15, 0.2) is 108 Å². The second-order valence-corrected chi connectivity index (χ2v) is 11.9. The lowest BCUT2D eigenvalue weighted by molar-refractivity contribution is 0.0970. The lowest BCUT2D eigenvalue weighted by Gasteiger charge is -2.22. The maximum Gasteiger partial charge on any atom is 0.407 e. The Labute approximate surface area is 251 Å². The molecule has 2 amide bonds. The number of ether oxygens (including phenoxy) is 1. The third-order valence-corrected chi connectivity index (χ3v) is 8.02. The minimum Gasteiger partial charge on any atom is -0.490 e. The first-order chi connectivity index (χ1) is 20.5. The van der Waals surface area contributed by atoms with Crippen LogP contribution in [-0.2, 0) is 16.4 Å². The zero-order valence-corrected chi connectivity index (χ0v) is 24.7. The molecule has 0 aliphatic heterocycles. The average molecular weight is 603 g/mol. The van der Waals surface area contributed by atoms with Crippen molar-refractivity contribution in [2.75, 3.05) is 13.1 Å². The highest BCUT2D eigenvalue weighted by atomic mass is 32.2. The summed E-state index contributed by atoms with van der Waals surface area (Å²) in [5.41, 5.74) is 3.23. The standard InChI is InChI=1S/C33H34N2O7S/c1-23(2)42-31-21-27(17-18-29(31)32(37)34-43(40,41)28-11-7-4-8-12-28)25-15-13-24(14-16-25)19-20-35(33(38)39)22-30(36)26-9-5-3-6-10-26/h3-18,21,23,30,36H,19-20,22H2,1-2H3,(H,34,37)(H,38,39)/t30-/m0/s1. The highest BCUT2D eigenvalue weighted by Gasteiger charge is 2.22. The first kappa shape index (κ1) is 31.3. The van der Waals surface area contributed by atoms with Crippen molar-refractivity contribution in [1.82, 2.24) is 9.62 Å². The number of carbonyl (C=O) groups is 2. The third kappa shape index (κ3) is 8.43. The first-order valence-electron chi connectivity index (χ1n) is 13.8. The Morgan fingerprint density at radius 3 is 2.07 bits per heavy atom. The molecule has 0 heterocycles. The Balaban J connectivity index is 1.46. The molecule has 43 heavy (non-hydrogen) atoms. The molecular formula is C33H34N2O7S. The summed E-state index contributed by atoms with van der Waals surface area (Å²) in [5.74, 6) is -0.562. The Kier molecular flexibility index (Phi) is 10.2. The Bertz CT molecular complexity index is 1640.